The number of carbonyl (C=O) groups excluding carboxylic acids is 2. The number of nitrogens with one attached hydrogen (secondary N) is 1. The maximum absolute atomic E-state index is 15.3. The third kappa shape index (κ3) is 7.26. The van der Waals surface area contributed by atoms with Gasteiger partial charge in [0.1, 0.15) is 36.2 Å². The number of anilines is 1. The van der Waals surface area contributed by atoms with Gasteiger partial charge in [-0.2, -0.15) is 5.26 Å². The van der Waals surface area contributed by atoms with Crippen molar-refractivity contribution in [2.75, 3.05) is 25.5 Å². The first-order valence-corrected chi connectivity index (χ1v) is 15.5. The summed E-state index contributed by atoms with van der Waals surface area (Å²) in [5.41, 5.74) is -0.0700. The SMILES string of the molecule is CNCC(=O)OCc1cccnc1N(C)C(=O)n1cn[n+](C[C@](O)(c2cc(F)ccc2F)[C@@H](C)c2nc(-c3ccc(C#N)cc3)cs2)c1. The highest BCUT2D eigenvalue weighted by Gasteiger charge is 2.44. The summed E-state index contributed by atoms with van der Waals surface area (Å²) in [5, 5.41) is 30.5. The van der Waals surface area contributed by atoms with Gasteiger partial charge < -0.3 is 15.2 Å². The van der Waals surface area contributed by atoms with Crippen molar-refractivity contribution in [3.05, 3.63) is 112 Å². The monoisotopic (exact) mass is 673 g/mol. The van der Waals surface area contributed by atoms with Gasteiger partial charge in [-0.1, -0.05) is 25.1 Å². The molecule has 3 heterocycles. The molecule has 0 unspecified atom stereocenters. The molecule has 0 saturated carbocycles. The number of nitriles is 1. The van der Waals surface area contributed by atoms with E-state index in [1.807, 2.05) is 0 Å². The largest absolute Gasteiger partial charge is 0.460 e. The Morgan fingerprint density at radius 3 is 2.73 bits per heavy atom. The number of aliphatic hydroxyl groups is 1. The molecule has 0 aliphatic carbocycles. The molecule has 12 nitrogen and oxygen atoms in total. The highest BCUT2D eigenvalue weighted by molar-refractivity contribution is 7.10. The quantitative estimate of drug-likeness (QED) is 0.157. The lowest BCUT2D eigenvalue weighted by molar-refractivity contribution is -0.765. The minimum Gasteiger partial charge on any atom is -0.460 e. The van der Waals surface area contributed by atoms with E-state index in [1.165, 1.54) is 46.8 Å². The molecule has 0 aliphatic rings. The van der Waals surface area contributed by atoms with Crippen LogP contribution in [0.3, 0.4) is 0 Å². The number of carbonyl (C=O) groups is 2. The van der Waals surface area contributed by atoms with Gasteiger partial charge in [-0.05, 0) is 48.5 Å². The molecule has 15 heteroatoms. The fourth-order valence-corrected chi connectivity index (χ4v) is 6.01. The lowest BCUT2D eigenvalue weighted by Crippen LogP contribution is -2.50. The van der Waals surface area contributed by atoms with Crippen molar-refractivity contribution in [2.45, 2.75) is 31.6 Å². The minimum atomic E-state index is -2.07. The number of aromatic nitrogens is 5. The number of amides is 1. The van der Waals surface area contributed by atoms with Gasteiger partial charge in [-0.3, -0.25) is 9.69 Å². The van der Waals surface area contributed by atoms with Gasteiger partial charge in [0.15, 0.2) is 0 Å². The van der Waals surface area contributed by atoms with Crippen LogP contribution in [0.25, 0.3) is 11.3 Å². The van der Waals surface area contributed by atoms with Crippen LogP contribution in [-0.2, 0) is 28.3 Å². The number of nitrogens with zero attached hydrogens (tertiary/aromatic N) is 7. The van der Waals surface area contributed by atoms with E-state index < -0.39 is 35.2 Å². The maximum Gasteiger partial charge on any atom is 0.422 e. The first-order chi connectivity index (χ1) is 23.0. The molecule has 246 valence electrons. The van der Waals surface area contributed by atoms with Gasteiger partial charge in [0, 0.05) is 41.2 Å². The van der Waals surface area contributed by atoms with E-state index in [0.717, 1.165) is 28.3 Å². The van der Waals surface area contributed by atoms with Crippen molar-refractivity contribution < 1.29 is 32.9 Å². The molecule has 3 aromatic heterocycles. The Morgan fingerprint density at radius 1 is 1.23 bits per heavy atom. The summed E-state index contributed by atoms with van der Waals surface area (Å²) < 4.78 is 37.4. The van der Waals surface area contributed by atoms with Gasteiger partial charge in [-0.25, -0.2) is 23.5 Å². The fraction of sp³-hybridized carbons (Fsp3) is 0.242. The Morgan fingerprint density at radius 2 is 2.00 bits per heavy atom. The van der Waals surface area contributed by atoms with Crippen LogP contribution in [0.4, 0.5) is 19.4 Å². The molecule has 0 aliphatic heterocycles. The standard InChI is InChI=1S/C33H31F2N8O4S/c1-21(31-40-28(17-48-31)23-8-6-22(14-36)7-9-23)33(46,26-13-25(34)10-11-27(26)35)18-43-20-42(19-39-43)32(45)41(3)30-24(5-4-12-38-30)16-47-29(44)15-37-2/h4-13,17,19-21,37,46H,15-16,18H2,1-3H3/q+1/t21-,33+/m0/s1. The van der Waals surface area contributed by atoms with Crippen LogP contribution < -0.4 is 14.9 Å². The molecule has 2 aromatic carbocycles. The van der Waals surface area contributed by atoms with Gasteiger partial charge in [0.25, 0.3) is 6.33 Å². The Hall–Kier alpha value is -5.43. The van der Waals surface area contributed by atoms with Crippen LogP contribution in [0.1, 0.15) is 34.5 Å². The van der Waals surface area contributed by atoms with E-state index in [1.54, 1.807) is 55.7 Å². The highest BCUT2D eigenvalue weighted by Crippen LogP contribution is 2.41. The van der Waals surface area contributed by atoms with Gasteiger partial charge >= 0.3 is 12.0 Å². The number of hydrogen-bond acceptors (Lipinski definition) is 10. The summed E-state index contributed by atoms with van der Waals surface area (Å²) in [6, 6.07) is 14.5. The van der Waals surface area contributed by atoms with E-state index in [9.17, 15) is 19.1 Å². The van der Waals surface area contributed by atoms with Gasteiger partial charge in [-0.15, -0.1) is 20.6 Å². The Labute approximate surface area is 278 Å². The number of likely N-dealkylation sites (N-methyl/N-ethyl adjacent to an activating group) is 1. The van der Waals surface area contributed by atoms with E-state index in [-0.39, 0.29) is 31.1 Å². The predicted molar refractivity (Wildman–Crippen MR) is 171 cm³/mol. The van der Waals surface area contributed by atoms with E-state index in [2.05, 4.69) is 26.5 Å². The number of rotatable bonds is 11. The van der Waals surface area contributed by atoms with Gasteiger partial charge in [0.2, 0.25) is 6.33 Å². The minimum absolute atomic E-state index is 0.0186. The second-order valence-electron chi connectivity index (χ2n) is 10.9. The van der Waals surface area contributed by atoms with Crippen LogP contribution in [0.5, 0.6) is 0 Å². The maximum atomic E-state index is 15.3. The van der Waals surface area contributed by atoms with Gasteiger partial charge in [0.05, 0.1) is 28.9 Å². The average molecular weight is 674 g/mol. The topological polar surface area (TPSA) is 150 Å². The van der Waals surface area contributed by atoms with Crippen LogP contribution in [0.15, 0.2) is 78.8 Å². The second kappa shape index (κ2) is 14.6. The number of benzene rings is 2. The van der Waals surface area contributed by atoms with Crippen molar-refractivity contribution in [1.29, 1.82) is 5.26 Å². The molecule has 0 fully saturated rings. The molecule has 0 saturated heterocycles. The van der Waals surface area contributed by atoms with Crippen LogP contribution in [-0.4, -0.2) is 57.4 Å². The molecule has 0 bridgehead atoms. The zero-order valence-electron chi connectivity index (χ0n) is 26.2. The highest BCUT2D eigenvalue weighted by atomic mass is 32.1. The molecular formula is C33H31F2N8O4S+. The molecule has 0 radical (unpaired) electrons. The fourth-order valence-electron chi connectivity index (χ4n) is 5.04. The summed E-state index contributed by atoms with van der Waals surface area (Å²) in [5.74, 6) is -2.68. The van der Waals surface area contributed by atoms with Crippen LogP contribution in [0, 0.1) is 23.0 Å². The number of ether oxygens (including phenoxy) is 1. The molecule has 2 atom stereocenters. The number of thiazole rings is 1. The molecule has 48 heavy (non-hydrogen) atoms. The lowest BCUT2D eigenvalue weighted by Gasteiger charge is -2.31. The molecule has 5 rings (SSSR count). The summed E-state index contributed by atoms with van der Waals surface area (Å²) >= 11 is 1.24. The second-order valence-corrected chi connectivity index (χ2v) is 11.8. The first kappa shape index (κ1) is 33.9. The Kier molecular flexibility index (Phi) is 10.3. The predicted octanol–water partition coefficient (Wildman–Crippen LogP) is 3.90. The zero-order valence-corrected chi connectivity index (χ0v) is 27.0. The molecule has 1 amide bonds. The number of pyridine rings is 1. The molecular weight excluding hydrogens is 642 g/mol. The number of hydrogen-bond donors (Lipinski definition) is 2. The van der Waals surface area contributed by atoms with Crippen molar-refractivity contribution in [3.8, 4) is 17.3 Å². The normalized spacial score (nSPS) is 12.9. The third-order valence-electron chi connectivity index (χ3n) is 7.70. The summed E-state index contributed by atoms with van der Waals surface area (Å²) in [7, 11) is 3.10. The summed E-state index contributed by atoms with van der Waals surface area (Å²) in [6.45, 7) is 1.18. The average Bonchev–Trinajstić information content (AvgIpc) is 3.78. The van der Waals surface area contributed by atoms with Crippen molar-refractivity contribution in [3.63, 3.8) is 0 Å². The van der Waals surface area contributed by atoms with E-state index in [4.69, 9.17) is 10.00 Å². The van der Waals surface area contributed by atoms with Crippen molar-refractivity contribution >= 4 is 29.2 Å². The van der Waals surface area contributed by atoms with Crippen molar-refractivity contribution in [2.24, 2.45) is 0 Å². The first-order valence-electron chi connectivity index (χ1n) is 14.6. The van der Waals surface area contributed by atoms with Crippen LogP contribution in [0.2, 0.25) is 0 Å². The van der Waals surface area contributed by atoms with E-state index in [0.29, 0.717) is 21.8 Å². The zero-order chi connectivity index (χ0) is 34.4. The lowest BCUT2D eigenvalue weighted by atomic mass is 9.82. The summed E-state index contributed by atoms with van der Waals surface area (Å²) in [6.07, 6.45) is 4.02. The molecule has 2 N–H and O–H groups in total. The third-order valence-corrected chi connectivity index (χ3v) is 8.73. The Bertz CT molecular complexity index is 1980. The van der Waals surface area contributed by atoms with Crippen LogP contribution >= 0.6 is 11.3 Å². The Balaban J connectivity index is 1.42. The number of esters is 1. The summed E-state index contributed by atoms with van der Waals surface area (Å²) in [4.78, 5) is 35.6. The molecule has 0 spiro atoms. The molecule has 5 aromatic rings. The van der Waals surface area contributed by atoms with E-state index >= 15 is 4.39 Å². The number of halogens is 2. The van der Waals surface area contributed by atoms with Crippen molar-refractivity contribution in [1.82, 2.24) is 25.0 Å². The smallest absolute Gasteiger partial charge is 0.422 e.